The van der Waals surface area contributed by atoms with Gasteiger partial charge in [-0.25, -0.2) is 0 Å². The van der Waals surface area contributed by atoms with Crippen molar-refractivity contribution in [3.63, 3.8) is 0 Å². The van der Waals surface area contributed by atoms with E-state index in [1.54, 1.807) is 7.11 Å². The highest BCUT2D eigenvalue weighted by Crippen LogP contribution is 2.18. The Labute approximate surface area is 136 Å². The van der Waals surface area contributed by atoms with Gasteiger partial charge in [0.15, 0.2) is 5.96 Å². The highest BCUT2D eigenvalue weighted by Gasteiger charge is 2.31. The first-order chi connectivity index (χ1) is 10.6. The molecule has 1 aliphatic rings. The zero-order valence-electron chi connectivity index (χ0n) is 15.2. The third kappa shape index (κ3) is 6.97. The summed E-state index contributed by atoms with van der Waals surface area (Å²) in [6.07, 6.45) is 3.43. The van der Waals surface area contributed by atoms with E-state index in [2.05, 4.69) is 43.2 Å². The predicted octanol–water partition coefficient (Wildman–Crippen LogP) is 2.09. The summed E-state index contributed by atoms with van der Waals surface area (Å²) in [5, 5.41) is 7.00. The Morgan fingerprint density at radius 1 is 1.27 bits per heavy atom. The number of rotatable bonds is 9. The zero-order valence-corrected chi connectivity index (χ0v) is 15.2. The molecule has 2 atom stereocenters. The predicted molar refractivity (Wildman–Crippen MR) is 94.5 cm³/mol. The van der Waals surface area contributed by atoms with E-state index >= 15 is 0 Å². The molecule has 1 saturated heterocycles. The van der Waals surface area contributed by atoms with Crippen molar-refractivity contribution in [1.82, 2.24) is 15.5 Å². The van der Waals surface area contributed by atoms with E-state index in [1.165, 1.54) is 13.0 Å². The zero-order chi connectivity index (χ0) is 16.4. The second-order valence-corrected chi connectivity index (χ2v) is 6.59. The molecule has 0 saturated carbocycles. The summed E-state index contributed by atoms with van der Waals surface area (Å²) in [7, 11) is 1.76. The number of nitrogens with zero attached hydrogens (tertiary/aromatic N) is 2. The van der Waals surface area contributed by atoms with Crippen LogP contribution in [0.15, 0.2) is 4.99 Å². The average molecular weight is 313 g/mol. The van der Waals surface area contributed by atoms with Gasteiger partial charge in [-0.05, 0) is 46.0 Å². The largest absolute Gasteiger partial charge is 0.385 e. The molecule has 0 aromatic carbocycles. The van der Waals surface area contributed by atoms with Crippen LogP contribution in [-0.2, 0) is 4.74 Å². The maximum Gasteiger partial charge on any atom is 0.191 e. The fourth-order valence-corrected chi connectivity index (χ4v) is 2.84. The number of hydrogen-bond donors (Lipinski definition) is 2. The first-order valence-electron chi connectivity index (χ1n) is 8.86. The van der Waals surface area contributed by atoms with Crippen LogP contribution >= 0.6 is 0 Å². The van der Waals surface area contributed by atoms with Crippen molar-refractivity contribution in [2.45, 2.75) is 59.0 Å². The molecule has 0 spiro atoms. The van der Waals surface area contributed by atoms with Crippen LogP contribution in [0, 0.1) is 5.92 Å². The summed E-state index contributed by atoms with van der Waals surface area (Å²) in [5.74, 6) is 1.63. The van der Waals surface area contributed by atoms with Crippen molar-refractivity contribution < 1.29 is 4.74 Å². The molecule has 0 aliphatic carbocycles. The van der Waals surface area contributed by atoms with Crippen molar-refractivity contribution in [2.24, 2.45) is 10.9 Å². The van der Waals surface area contributed by atoms with Gasteiger partial charge in [0.1, 0.15) is 0 Å². The van der Waals surface area contributed by atoms with Crippen molar-refractivity contribution in [3.05, 3.63) is 0 Å². The number of aliphatic imine (C=N–C) groups is 1. The lowest BCUT2D eigenvalue weighted by molar-refractivity contribution is 0.192. The fraction of sp³-hybridized carbons (Fsp3) is 0.941. The quantitative estimate of drug-likeness (QED) is 0.389. The molecule has 0 aromatic heterocycles. The Hall–Kier alpha value is -0.810. The first-order valence-corrected chi connectivity index (χ1v) is 8.86. The highest BCUT2D eigenvalue weighted by atomic mass is 16.5. The second-order valence-electron chi connectivity index (χ2n) is 6.59. The van der Waals surface area contributed by atoms with Gasteiger partial charge in [-0.2, -0.15) is 0 Å². The topological polar surface area (TPSA) is 48.9 Å². The van der Waals surface area contributed by atoms with Crippen LogP contribution in [0.3, 0.4) is 0 Å². The van der Waals surface area contributed by atoms with Gasteiger partial charge in [0.2, 0.25) is 0 Å². The first kappa shape index (κ1) is 19.2. The standard InChI is InChI=1S/C17H36N4O/c1-6-18-17(19-10-8-7-9-11-22-5)20-16-13-21(14(2)3)12-15(16)4/h14-16H,6-13H2,1-5H3,(H2,18,19,20). The summed E-state index contributed by atoms with van der Waals surface area (Å²) in [5.41, 5.74) is 0. The molecule has 130 valence electrons. The Kier molecular flexibility index (Phi) is 9.48. The molecule has 5 nitrogen and oxygen atoms in total. The van der Waals surface area contributed by atoms with Gasteiger partial charge in [-0.1, -0.05) is 6.92 Å². The van der Waals surface area contributed by atoms with Crippen LogP contribution < -0.4 is 10.6 Å². The number of ether oxygens (including phenoxy) is 1. The van der Waals surface area contributed by atoms with Crippen molar-refractivity contribution >= 4 is 5.96 Å². The Morgan fingerprint density at radius 3 is 2.64 bits per heavy atom. The molecule has 0 amide bonds. The van der Waals surface area contributed by atoms with Gasteiger partial charge in [-0.3, -0.25) is 9.89 Å². The van der Waals surface area contributed by atoms with Crippen molar-refractivity contribution in [2.75, 3.05) is 39.9 Å². The van der Waals surface area contributed by atoms with E-state index in [0.717, 1.165) is 45.0 Å². The number of nitrogens with one attached hydrogen (secondary N) is 2. The molecule has 2 N–H and O–H groups in total. The lowest BCUT2D eigenvalue weighted by atomic mass is 10.1. The summed E-state index contributed by atoms with van der Waals surface area (Å²) < 4.78 is 5.07. The number of likely N-dealkylation sites (tertiary alicyclic amines) is 1. The van der Waals surface area contributed by atoms with Crippen LogP contribution in [0.1, 0.15) is 47.0 Å². The van der Waals surface area contributed by atoms with E-state index in [0.29, 0.717) is 18.0 Å². The summed E-state index contributed by atoms with van der Waals surface area (Å²) >= 11 is 0. The van der Waals surface area contributed by atoms with Crippen molar-refractivity contribution in [3.8, 4) is 0 Å². The SMILES string of the molecule is CCNC(=NCCCCCOC)NC1CN(C(C)C)CC1C. The van der Waals surface area contributed by atoms with Crippen LogP contribution in [0.4, 0.5) is 0 Å². The minimum atomic E-state index is 0.494. The van der Waals surface area contributed by atoms with Crippen molar-refractivity contribution in [1.29, 1.82) is 0 Å². The molecule has 0 bridgehead atoms. The summed E-state index contributed by atoms with van der Waals surface area (Å²) in [6.45, 7) is 13.9. The maximum absolute atomic E-state index is 5.07. The molecular weight excluding hydrogens is 276 g/mol. The van der Waals surface area contributed by atoms with Gasteiger partial charge in [-0.15, -0.1) is 0 Å². The van der Waals surface area contributed by atoms with Crippen LogP contribution in [0.2, 0.25) is 0 Å². The lowest BCUT2D eigenvalue weighted by Gasteiger charge is -2.21. The molecule has 1 aliphatic heterocycles. The Balaban J connectivity index is 2.39. The van der Waals surface area contributed by atoms with E-state index in [4.69, 9.17) is 9.73 Å². The van der Waals surface area contributed by atoms with Gasteiger partial charge >= 0.3 is 0 Å². The number of guanidine groups is 1. The van der Waals surface area contributed by atoms with Crippen LogP contribution in [-0.4, -0.2) is 62.8 Å². The summed E-state index contributed by atoms with van der Waals surface area (Å²) in [4.78, 5) is 7.25. The maximum atomic E-state index is 5.07. The van der Waals surface area contributed by atoms with Gasteiger partial charge in [0.05, 0.1) is 0 Å². The van der Waals surface area contributed by atoms with Crippen LogP contribution in [0.5, 0.6) is 0 Å². The molecule has 1 heterocycles. The Bertz CT molecular complexity index is 320. The smallest absolute Gasteiger partial charge is 0.191 e. The minimum absolute atomic E-state index is 0.494. The molecule has 1 fully saturated rings. The normalized spacial score (nSPS) is 23.3. The lowest BCUT2D eigenvalue weighted by Crippen LogP contribution is -2.46. The summed E-state index contributed by atoms with van der Waals surface area (Å²) in [6, 6.07) is 1.11. The second kappa shape index (κ2) is 10.8. The molecule has 1 rings (SSSR count). The molecule has 2 unspecified atom stereocenters. The number of unbranched alkanes of at least 4 members (excludes halogenated alkanes) is 2. The third-order valence-electron chi connectivity index (χ3n) is 4.31. The van der Waals surface area contributed by atoms with Crippen LogP contribution in [0.25, 0.3) is 0 Å². The Morgan fingerprint density at radius 2 is 2.05 bits per heavy atom. The molecular formula is C17H36N4O. The monoisotopic (exact) mass is 312 g/mol. The van der Waals surface area contributed by atoms with E-state index in [-0.39, 0.29) is 0 Å². The molecule has 22 heavy (non-hydrogen) atoms. The van der Waals surface area contributed by atoms with E-state index in [1.807, 2.05) is 0 Å². The number of methoxy groups -OCH3 is 1. The van der Waals surface area contributed by atoms with Gasteiger partial charge in [0.25, 0.3) is 0 Å². The minimum Gasteiger partial charge on any atom is -0.385 e. The van der Waals surface area contributed by atoms with Gasteiger partial charge in [0, 0.05) is 52.0 Å². The van der Waals surface area contributed by atoms with E-state index < -0.39 is 0 Å². The average Bonchev–Trinajstić information content (AvgIpc) is 2.84. The fourth-order valence-electron chi connectivity index (χ4n) is 2.84. The molecule has 0 radical (unpaired) electrons. The molecule has 5 heteroatoms. The molecule has 0 aromatic rings. The van der Waals surface area contributed by atoms with E-state index in [9.17, 15) is 0 Å². The number of hydrogen-bond acceptors (Lipinski definition) is 3. The highest BCUT2D eigenvalue weighted by molar-refractivity contribution is 5.80. The van der Waals surface area contributed by atoms with Gasteiger partial charge < -0.3 is 15.4 Å². The third-order valence-corrected chi connectivity index (χ3v) is 4.31.